The summed E-state index contributed by atoms with van der Waals surface area (Å²) in [6, 6.07) is 13.4. The van der Waals surface area contributed by atoms with Crippen LogP contribution in [0.4, 0.5) is 5.69 Å². The Labute approximate surface area is 169 Å². The van der Waals surface area contributed by atoms with Gasteiger partial charge in [-0.05, 0) is 67.8 Å². The number of methoxy groups -OCH3 is 1. The van der Waals surface area contributed by atoms with Gasteiger partial charge in [0.1, 0.15) is 17.2 Å². The summed E-state index contributed by atoms with van der Waals surface area (Å²) in [5.41, 5.74) is 4.08. The van der Waals surface area contributed by atoms with E-state index in [0.717, 1.165) is 28.1 Å². The maximum atomic E-state index is 13.1. The molecule has 0 aromatic heterocycles. The number of aliphatic imine (C=N–C) groups is 1. The first-order valence-corrected chi connectivity index (χ1v) is 9.85. The summed E-state index contributed by atoms with van der Waals surface area (Å²) in [6.45, 7) is 5.51. The molecule has 0 radical (unpaired) electrons. The molecular formula is C22H22N2O3S. The number of rotatable bonds is 5. The minimum atomic E-state index is -0.202. The summed E-state index contributed by atoms with van der Waals surface area (Å²) >= 11 is 1.28. The zero-order valence-corrected chi connectivity index (χ0v) is 17.2. The van der Waals surface area contributed by atoms with E-state index in [1.54, 1.807) is 18.1 Å². The Morgan fingerprint density at radius 3 is 2.36 bits per heavy atom. The third kappa shape index (κ3) is 4.51. The number of amidine groups is 1. The van der Waals surface area contributed by atoms with Crippen molar-refractivity contribution in [3.8, 4) is 5.75 Å². The highest BCUT2D eigenvalue weighted by Gasteiger charge is 2.32. The van der Waals surface area contributed by atoms with Crippen molar-refractivity contribution in [2.24, 2.45) is 4.99 Å². The number of carbonyl (C=O) groups is 2. The van der Waals surface area contributed by atoms with E-state index < -0.39 is 0 Å². The van der Waals surface area contributed by atoms with Crippen LogP contribution in [-0.4, -0.2) is 29.7 Å². The van der Waals surface area contributed by atoms with E-state index in [4.69, 9.17) is 4.74 Å². The van der Waals surface area contributed by atoms with Crippen molar-refractivity contribution in [1.29, 1.82) is 0 Å². The summed E-state index contributed by atoms with van der Waals surface area (Å²) in [7, 11) is 1.61. The van der Waals surface area contributed by atoms with Gasteiger partial charge in [-0.2, -0.15) is 0 Å². The van der Waals surface area contributed by atoms with Gasteiger partial charge < -0.3 is 4.74 Å². The molecule has 0 aliphatic carbocycles. The molecule has 0 atom stereocenters. The summed E-state index contributed by atoms with van der Waals surface area (Å²) in [5.74, 6) is 0.849. The zero-order valence-electron chi connectivity index (χ0n) is 16.4. The van der Waals surface area contributed by atoms with Crippen LogP contribution in [0.25, 0.3) is 6.08 Å². The van der Waals surface area contributed by atoms with Crippen molar-refractivity contribution >= 4 is 40.4 Å². The van der Waals surface area contributed by atoms with Gasteiger partial charge in [0.2, 0.25) is 0 Å². The van der Waals surface area contributed by atoms with Gasteiger partial charge in [-0.3, -0.25) is 14.5 Å². The minimum Gasteiger partial charge on any atom is -0.497 e. The number of amides is 1. The highest BCUT2D eigenvalue weighted by atomic mass is 32.2. The molecule has 6 heteroatoms. The van der Waals surface area contributed by atoms with Crippen molar-refractivity contribution in [1.82, 2.24) is 0 Å². The van der Waals surface area contributed by atoms with Crippen LogP contribution >= 0.6 is 11.8 Å². The molecule has 1 aliphatic heterocycles. The lowest BCUT2D eigenvalue weighted by atomic mass is 10.1. The highest BCUT2D eigenvalue weighted by molar-refractivity contribution is 8.14. The van der Waals surface area contributed by atoms with Crippen LogP contribution in [-0.2, 0) is 9.59 Å². The Morgan fingerprint density at radius 2 is 1.79 bits per heavy atom. The molecule has 2 aromatic carbocycles. The van der Waals surface area contributed by atoms with Gasteiger partial charge in [0, 0.05) is 0 Å². The van der Waals surface area contributed by atoms with Crippen molar-refractivity contribution in [3.63, 3.8) is 0 Å². The topological polar surface area (TPSA) is 59.0 Å². The first-order valence-electron chi connectivity index (χ1n) is 8.87. The lowest BCUT2D eigenvalue weighted by molar-refractivity contribution is -0.115. The van der Waals surface area contributed by atoms with Gasteiger partial charge in [-0.1, -0.05) is 30.0 Å². The minimum absolute atomic E-state index is 0.0353. The molecule has 3 rings (SSSR count). The van der Waals surface area contributed by atoms with E-state index in [-0.39, 0.29) is 17.4 Å². The predicted molar refractivity (Wildman–Crippen MR) is 115 cm³/mol. The van der Waals surface area contributed by atoms with Gasteiger partial charge in [0.25, 0.3) is 5.91 Å². The summed E-state index contributed by atoms with van der Waals surface area (Å²) in [4.78, 5) is 30.7. The molecule has 5 nitrogen and oxygen atoms in total. The number of nitrogens with zero attached hydrogens (tertiary/aromatic N) is 2. The van der Waals surface area contributed by atoms with E-state index in [2.05, 4.69) is 11.1 Å². The van der Waals surface area contributed by atoms with Gasteiger partial charge in [0.15, 0.2) is 5.17 Å². The van der Waals surface area contributed by atoms with Gasteiger partial charge >= 0.3 is 0 Å². The van der Waals surface area contributed by atoms with E-state index in [1.807, 2.05) is 50.2 Å². The smallest absolute Gasteiger partial charge is 0.283 e. The Kier molecular flexibility index (Phi) is 5.99. The predicted octanol–water partition coefficient (Wildman–Crippen LogP) is 4.38. The fourth-order valence-electron chi connectivity index (χ4n) is 2.92. The van der Waals surface area contributed by atoms with Crippen LogP contribution in [0.15, 0.2) is 53.2 Å². The van der Waals surface area contributed by atoms with Gasteiger partial charge in [-0.15, -0.1) is 0 Å². The van der Waals surface area contributed by atoms with Crippen molar-refractivity contribution < 1.29 is 14.3 Å². The molecule has 1 heterocycles. The van der Waals surface area contributed by atoms with Crippen LogP contribution in [0, 0.1) is 13.8 Å². The summed E-state index contributed by atoms with van der Waals surface area (Å²) in [6.07, 6.45) is 1.75. The number of aryl methyl sites for hydroxylation is 2. The van der Waals surface area contributed by atoms with Crippen molar-refractivity contribution in [3.05, 3.63) is 64.9 Å². The van der Waals surface area contributed by atoms with E-state index in [1.165, 1.54) is 18.7 Å². The summed E-state index contributed by atoms with van der Waals surface area (Å²) in [5, 5.41) is 0.518. The number of anilines is 1. The fourth-order valence-corrected chi connectivity index (χ4v) is 3.74. The molecule has 0 bridgehead atoms. The number of thioether (sulfide) groups is 1. The normalized spacial score (nSPS) is 15.1. The largest absolute Gasteiger partial charge is 0.497 e. The second-order valence-corrected chi connectivity index (χ2v) is 7.62. The monoisotopic (exact) mass is 394 g/mol. The number of hydrogen-bond donors (Lipinski definition) is 0. The molecule has 0 N–H and O–H groups in total. The lowest BCUT2D eigenvalue weighted by Gasteiger charge is -2.18. The van der Waals surface area contributed by atoms with E-state index in [0.29, 0.717) is 10.9 Å². The van der Waals surface area contributed by atoms with Crippen LogP contribution in [0.3, 0.4) is 0 Å². The maximum absolute atomic E-state index is 13.1. The average molecular weight is 394 g/mol. The molecule has 0 spiro atoms. The number of ether oxygens (including phenoxy) is 1. The second-order valence-electron chi connectivity index (χ2n) is 6.67. The third-order valence-corrected chi connectivity index (χ3v) is 5.20. The molecule has 1 aliphatic rings. The molecule has 0 saturated heterocycles. The molecule has 0 fully saturated rings. The Morgan fingerprint density at radius 1 is 1.14 bits per heavy atom. The van der Waals surface area contributed by atoms with Crippen LogP contribution in [0.1, 0.15) is 23.6 Å². The molecule has 144 valence electrons. The number of Topliss-reactive ketones (excluding diaryl/α,β-unsaturated/α-hetero) is 1. The van der Waals surface area contributed by atoms with E-state index in [9.17, 15) is 9.59 Å². The lowest BCUT2D eigenvalue weighted by Crippen LogP contribution is -2.30. The fraction of sp³-hybridized carbons (Fsp3) is 0.227. The number of hydrogen-bond acceptors (Lipinski definition) is 5. The number of benzene rings is 2. The number of ketones is 1. The van der Waals surface area contributed by atoms with Crippen LogP contribution in [0.2, 0.25) is 0 Å². The Balaban J connectivity index is 1.99. The second kappa shape index (κ2) is 8.44. The molecule has 0 unspecified atom stereocenters. The number of carbonyl (C=O) groups excluding carboxylic acids is 2. The third-order valence-electron chi connectivity index (χ3n) is 4.12. The SMILES string of the molecule is COc1ccc(/C=C2/N=C(SCC(C)=O)N(c3cc(C)cc(C)c3)C2=O)cc1. The maximum Gasteiger partial charge on any atom is 0.283 e. The van der Waals surface area contributed by atoms with Gasteiger partial charge in [0.05, 0.1) is 18.6 Å². The standard InChI is InChI=1S/C22H22N2O3S/c1-14-9-15(2)11-18(10-14)24-21(26)20(23-22(24)28-13-16(3)25)12-17-5-7-19(27-4)8-6-17/h5-12H,13H2,1-4H3/b20-12+. The molecule has 1 amide bonds. The van der Waals surface area contributed by atoms with Gasteiger partial charge in [-0.25, -0.2) is 4.99 Å². The van der Waals surface area contributed by atoms with Crippen LogP contribution in [0.5, 0.6) is 5.75 Å². The average Bonchev–Trinajstić information content (AvgIpc) is 2.95. The van der Waals surface area contributed by atoms with E-state index >= 15 is 0 Å². The quantitative estimate of drug-likeness (QED) is 0.706. The first-order chi connectivity index (χ1) is 13.4. The zero-order chi connectivity index (χ0) is 20.3. The molecule has 0 saturated carbocycles. The summed E-state index contributed by atoms with van der Waals surface area (Å²) < 4.78 is 5.17. The van der Waals surface area contributed by atoms with Crippen LogP contribution < -0.4 is 9.64 Å². The molecule has 28 heavy (non-hydrogen) atoms. The molecular weight excluding hydrogens is 372 g/mol. The Bertz CT molecular complexity index is 958. The first kappa shape index (κ1) is 19.9. The van der Waals surface area contributed by atoms with Crippen molar-refractivity contribution in [2.75, 3.05) is 17.8 Å². The Hall–Kier alpha value is -2.86. The van der Waals surface area contributed by atoms with Crippen molar-refractivity contribution in [2.45, 2.75) is 20.8 Å². The highest BCUT2D eigenvalue weighted by Crippen LogP contribution is 2.31. The molecule has 2 aromatic rings.